The molecule has 0 atom stereocenters. The van der Waals surface area contributed by atoms with E-state index in [0.29, 0.717) is 12.5 Å². The van der Waals surface area contributed by atoms with Gasteiger partial charge in [0.2, 0.25) is 0 Å². The standard InChI is InChI=1S/C15H26N4O.HI/c1-6-7-8-9-19(5)15(16-4)17-11-13-10-14(12(2)3)18-20-13;/h6,10,12H,1,7-9,11H2,2-5H3,(H,16,17);1H. The molecular formula is C15H27IN4O. The van der Waals surface area contributed by atoms with Crippen LogP contribution in [-0.4, -0.2) is 36.7 Å². The lowest BCUT2D eigenvalue weighted by Crippen LogP contribution is -2.38. The molecule has 0 fully saturated rings. The van der Waals surface area contributed by atoms with Crippen LogP contribution in [0.5, 0.6) is 0 Å². The Hall–Kier alpha value is -1.05. The van der Waals surface area contributed by atoms with E-state index in [0.717, 1.165) is 36.8 Å². The largest absolute Gasteiger partial charge is 0.359 e. The molecule has 1 aromatic rings. The summed E-state index contributed by atoms with van der Waals surface area (Å²) in [6.45, 7) is 9.47. The van der Waals surface area contributed by atoms with E-state index in [1.807, 2.05) is 19.2 Å². The fraction of sp³-hybridized carbons (Fsp3) is 0.600. The number of hydrogen-bond acceptors (Lipinski definition) is 3. The van der Waals surface area contributed by atoms with Crippen LogP contribution in [0, 0.1) is 0 Å². The average molecular weight is 406 g/mol. The molecule has 1 heterocycles. The number of allylic oxidation sites excluding steroid dienone is 1. The summed E-state index contributed by atoms with van der Waals surface area (Å²) in [4.78, 5) is 6.37. The van der Waals surface area contributed by atoms with Crippen molar-refractivity contribution in [3.63, 3.8) is 0 Å². The third-order valence-electron chi connectivity index (χ3n) is 3.06. The van der Waals surface area contributed by atoms with Crippen LogP contribution >= 0.6 is 24.0 Å². The molecule has 0 bridgehead atoms. The van der Waals surface area contributed by atoms with Crippen molar-refractivity contribution < 1.29 is 4.52 Å². The molecule has 120 valence electrons. The first-order valence-corrected chi connectivity index (χ1v) is 7.06. The minimum absolute atomic E-state index is 0. The van der Waals surface area contributed by atoms with Crippen molar-refractivity contribution in [3.05, 3.63) is 30.2 Å². The van der Waals surface area contributed by atoms with Crippen LogP contribution in [-0.2, 0) is 6.54 Å². The van der Waals surface area contributed by atoms with Crippen LogP contribution in [0.25, 0.3) is 0 Å². The Balaban J connectivity index is 0.00000400. The van der Waals surface area contributed by atoms with E-state index in [2.05, 4.69) is 40.8 Å². The maximum absolute atomic E-state index is 5.30. The molecule has 5 nitrogen and oxygen atoms in total. The van der Waals surface area contributed by atoms with Crippen LogP contribution < -0.4 is 5.32 Å². The van der Waals surface area contributed by atoms with Gasteiger partial charge < -0.3 is 14.7 Å². The van der Waals surface area contributed by atoms with Crippen LogP contribution in [0.2, 0.25) is 0 Å². The van der Waals surface area contributed by atoms with Gasteiger partial charge >= 0.3 is 0 Å². The predicted octanol–water partition coefficient (Wildman–Crippen LogP) is 3.39. The van der Waals surface area contributed by atoms with E-state index in [9.17, 15) is 0 Å². The number of unbranched alkanes of at least 4 members (excludes halogenated alkanes) is 1. The van der Waals surface area contributed by atoms with Crippen LogP contribution in [0.1, 0.15) is 44.1 Å². The van der Waals surface area contributed by atoms with Crippen molar-refractivity contribution in [1.82, 2.24) is 15.4 Å². The SMILES string of the molecule is C=CCCCN(C)C(=NC)NCc1cc(C(C)C)no1.I. The van der Waals surface area contributed by atoms with Crippen molar-refractivity contribution >= 4 is 29.9 Å². The van der Waals surface area contributed by atoms with Gasteiger partial charge in [0.15, 0.2) is 11.7 Å². The molecule has 0 saturated carbocycles. The molecule has 0 aliphatic carbocycles. The topological polar surface area (TPSA) is 53.7 Å². The molecule has 0 amide bonds. The molecular weight excluding hydrogens is 379 g/mol. The Morgan fingerprint density at radius 3 is 2.81 bits per heavy atom. The molecule has 0 radical (unpaired) electrons. The summed E-state index contributed by atoms with van der Waals surface area (Å²) in [5.41, 5.74) is 0.983. The summed E-state index contributed by atoms with van der Waals surface area (Å²) < 4.78 is 5.30. The molecule has 0 saturated heterocycles. The number of aromatic nitrogens is 1. The highest BCUT2D eigenvalue weighted by Crippen LogP contribution is 2.13. The smallest absolute Gasteiger partial charge is 0.193 e. The highest BCUT2D eigenvalue weighted by atomic mass is 127. The molecule has 0 aliphatic rings. The summed E-state index contributed by atoms with van der Waals surface area (Å²) in [5, 5.41) is 7.33. The summed E-state index contributed by atoms with van der Waals surface area (Å²) in [6.07, 6.45) is 4.02. The maximum atomic E-state index is 5.30. The molecule has 0 aromatic carbocycles. The van der Waals surface area contributed by atoms with Crippen LogP contribution in [0.4, 0.5) is 0 Å². The lowest BCUT2D eigenvalue weighted by atomic mass is 10.1. The van der Waals surface area contributed by atoms with Crippen molar-refractivity contribution in [3.8, 4) is 0 Å². The fourth-order valence-corrected chi connectivity index (χ4v) is 1.81. The van der Waals surface area contributed by atoms with Gasteiger partial charge in [0.1, 0.15) is 0 Å². The third kappa shape index (κ3) is 6.97. The van der Waals surface area contributed by atoms with E-state index in [1.54, 1.807) is 7.05 Å². The minimum Gasteiger partial charge on any atom is -0.359 e. The monoisotopic (exact) mass is 406 g/mol. The molecule has 1 rings (SSSR count). The Kier molecular flexibility index (Phi) is 10.1. The van der Waals surface area contributed by atoms with E-state index in [-0.39, 0.29) is 24.0 Å². The first kappa shape index (κ1) is 19.9. The summed E-state index contributed by atoms with van der Waals surface area (Å²) in [5.74, 6) is 2.07. The van der Waals surface area contributed by atoms with Gasteiger partial charge in [0.25, 0.3) is 0 Å². The Morgan fingerprint density at radius 1 is 1.57 bits per heavy atom. The number of nitrogens with zero attached hydrogens (tertiary/aromatic N) is 3. The van der Waals surface area contributed by atoms with Gasteiger partial charge in [-0.3, -0.25) is 4.99 Å². The number of guanidine groups is 1. The number of halogens is 1. The number of hydrogen-bond donors (Lipinski definition) is 1. The Labute approximate surface area is 144 Å². The molecule has 0 aliphatic heterocycles. The first-order chi connectivity index (χ1) is 9.58. The van der Waals surface area contributed by atoms with Gasteiger partial charge in [0, 0.05) is 26.7 Å². The summed E-state index contributed by atoms with van der Waals surface area (Å²) >= 11 is 0. The Morgan fingerprint density at radius 2 is 2.29 bits per heavy atom. The predicted molar refractivity (Wildman–Crippen MR) is 98.3 cm³/mol. The zero-order valence-corrected chi connectivity index (χ0v) is 15.8. The molecule has 21 heavy (non-hydrogen) atoms. The lowest BCUT2D eigenvalue weighted by Gasteiger charge is -2.21. The van der Waals surface area contributed by atoms with Crippen molar-refractivity contribution in [2.75, 3.05) is 20.6 Å². The molecule has 1 aromatic heterocycles. The normalized spacial score (nSPS) is 11.2. The van der Waals surface area contributed by atoms with Gasteiger partial charge in [-0.25, -0.2) is 0 Å². The number of rotatable bonds is 7. The second kappa shape index (κ2) is 10.6. The van der Waals surface area contributed by atoms with Gasteiger partial charge in [-0.1, -0.05) is 25.1 Å². The quantitative estimate of drug-likeness (QED) is 0.248. The number of nitrogens with one attached hydrogen (secondary N) is 1. The van der Waals surface area contributed by atoms with Gasteiger partial charge in [0.05, 0.1) is 12.2 Å². The van der Waals surface area contributed by atoms with Crippen molar-refractivity contribution in [1.29, 1.82) is 0 Å². The second-order valence-electron chi connectivity index (χ2n) is 5.13. The summed E-state index contributed by atoms with van der Waals surface area (Å²) in [6, 6.07) is 1.99. The second-order valence-corrected chi connectivity index (χ2v) is 5.13. The zero-order chi connectivity index (χ0) is 15.0. The van der Waals surface area contributed by atoms with Gasteiger partial charge in [-0.2, -0.15) is 0 Å². The maximum Gasteiger partial charge on any atom is 0.193 e. The van der Waals surface area contributed by atoms with Crippen molar-refractivity contribution in [2.45, 2.75) is 39.2 Å². The molecule has 0 spiro atoms. The number of aliphatic imine (C=N–C) groups is 1. The summed E-state index contributed by atoms with van der Waals surface area (Å²) in [7, 11) is 3.81. The fourth-order valence-electron chi connectivity index (χ4n) is 1.81. The van der Waals surface area contributed by atoms with E-state index >= 15 is 0 Å². The Bertz CT molecular complexity index is 443. The third-order valence-corrected chi connectivity index (χ3v) is 3.06. The molecule has 1 N–H and O–H groups in total. The lowest BCUT2D eigenvalue weighted by molar-refractivity contribution is 0.369. The van der Waals surface area contributed by atoms with Crippen LogP contribution in [0.15, 0.2) is 28.2 Å². The highest BCUT2D eigenvalue weighted by Gasteiger charge is 2.09. The van der Waals surface area contributed by atoms with E-state index in [1.165, 1.54) is 0 Å². The molecule has 0 unspecified atom stereocenters. The first-order valence-electron chi connectivity index (χ1n) is 7.06. The highest BCUT2D eigenvalue weighted by molar-refractivity contribution is 14.0. The van der Waals surface area contributed by atoms with E-state index in [4.69, 9.17) is 4.52 Å². The molecule has 6 heteroatoms. The van der Waals surface area contributed by atoms with Crippen LogP contribution in [0.3, 0.4) is 0 Å². The zero-order valence-electron chi connectivity index (χ0n) is 13.4. The minimum atomic E-state index is 0. The van der Waals surface area contributed by atoms with E-state index < -0.39 is 0 Å². The van der Waals surface area contributed by atoms with Gasteiger partial charge in [-0.05, 0) is 18.8 Å². The van der Waals surface area contributed by atoms with Gasteiger partial charge in [-0.15, -0.1) is 30.6 Å². The average Bonchev–Trinajstić information content (AvgIpc) is 2.89. The van der Waals surface area contributed by atoms with Crippen molar-refractivity contribution in [2.24, 2.45) is 4.99 Å².